The van der Waals surface area contributed by atoms with Crippen molar-refractivity contribution in [2.75, 3.05) is 7.11 Å². The number of aliphatic hydroxyl groups is 1. The van der Waals surface area contributed by atoms with Crippen molar-refractivity contribution in [1.29, 1.82) is 0 Å². The molecule has 2 aromatic carbocycles. The van der Waals surface area contributed by atoms with Gasteiger partial charge in [-0.25, -0.2) is 4.98 Å². The molecule has 0 spiro atoms. The molecule has 2 heterocycles. The van der Waals surface area contributed by atoms with Crippen LogP contribution < -0.4 is 0 Å². The monoisotopic (exact) mass is 432 g/mol. The molecule has 1 N–H and O–H groups in total. The predicted octanol–water partition coefficient (Wildman–Crippen LogP) is 6.38. The quantitative estimate of drug-likeness (QED) is 0.371. The van der Waals surface area contributed by atoms with Crippen LogP contribution in [-0.4, -0.2) is 28.0 Å². The minimum atomic E-state index is -0.0968. The Morgan fingerprint density at radius 2 is 1.52 bits per heavy atom. The van der Waals surface area contributed by atoms with Gasteiger partial charge in [-0.3, -0.25) is 9.78 Å². The molecule has 0 amide bonds. The van der Waals surface area contributed by atoms with Crippen molar-refractivity contribution in [2.45, 2.75) is 26.7 Å². The van der Waals surface area contributed by atoms with Gasteiger partial charge in [-0.2, -0.15) is 0 Å². The Hall–Kier alpha value is -3.08. The molecule has 0 atom stereocenters. The van der Waals surface area contributed by atoms with Crippen LogP contribution in [0.25, 0.3) is 33.3 Å². The summed E-state index contributed by atoms with van der Waals surface area (Å²) in [5.74, 6) is -0.0968. The first kappa shape index (κ1) is 22.6. The van der Waals surface area contributed by atoms with Gasteiger partial charge in [0.15, 0.2) is 5.78 Å². The number of aliphatic hydroxyl groups excluding tert-OH is 1. The second-order valence-corrected chi connectivity index (χ2v) is 7.50. The first-order chi connectivity index (χ1) is 15.1. The number of aromatic nitrogens is 2. The number of fused-ring (bicyclic) bond motifs is 1. The van der Waals surface area contributed by atoms with Crippen LogP contribution in [0.5, 0.6) is 0 Å². The number of nitrogens with zero attached hydrogens (tertiary/aromatic N) is 2. The van der Waals surface area contributed by atoms with Crippen LogP contribution >= 0.6 is 11.6 Å². The molecular weight excluding hydrogens is 408 g/mol. The fourth-order valence-corrected chi connectivity index (χ4v) is 3.98. The molecule has 0 aliphatic rings. The Morgan fingerprint density at radius 1 is 0.935 bits per heavy atom. The Morgan fingerprint density at radius 3 is 2.10 bits per heavy atom. The van der Waals surface area contributed by atoms with E-state index in [-0.39, 0.29) is 5.78 Å². The smallest absolute Gasteiger partial charge is 0.162 e. The van der Waals surface area contributed by atoms with Gasteiger partial charge in [0, 0.05) is 36.0 Å². The van der Waals surface area contributed by atoms with Crippen LogP contribution in [0.1, 0.15) is 36.2 Å². The summed E-state index contributed by atoms with van der Waals surface area (Å²) in [5.41, 5.74) is 6.32. The van der Waals surface area contributed by atoms with E-state index >= 15 is 0 Å². The van der Waals surface area contributed by atoms with Crippen molar-refractivity contribution in [3.05, 3.63) is 83.1 Å². The number of hydrogen-bond donors (Lipinski definition) is 1. The third-order valence-corrected chi connectivity index (χ3v) is 5.43. The fraction of sp³-hybridized carbons (Fsp3) is 0.192. The highest BCUT2D eigenvalue weighted by Crippen LogP contribution is 2.34. The van der Waals surface area contributed by atoms with E-state index in [0.717, 1.165) is 31.1 Å². The molecule has 0 fully saturated rings. The van der Waals surface area contributed by atoms with Crippen molar-refractivity contribution in [3.8, 4) is 22.4 Å². The topological polar surface area (TPSA) is 63.1 Å². The molecule has 0 unspecified atom stereocenters. The van der Waals surface area contributed by atoms with E-state index in [4.69, 9.17) is 21.7 Å². The van der Waals surface area contributed by atoms with Gasteiger partial charge in [0.1, 0.15) is 0 Å². The molecule has 0 aliphatic carbocycles. The lowest BCUT2D eigenvalue weighted by Crippen LogP contribution is -2.00. The van der Waals surface area contributed by atoms with Crippen molar-refractivity contribution in [1.82, 2.24) is 9.97 Å². The van der Waals surface area contributed by atoms with E-state index in [1.165, 1.54) is 18.1 Å². The molecule has 0 aliphatic heterocycles. The number of ketones is 1. The average Bonchev–Trinajstić information content (AvgIpc) is 2.80. The zero-order chi connectivity index (χ0) is 22.4. The number of pyridine rings is 2. The predicted molar refractivity (Wildman–Crippen MR) is 128 cm³/mol. The van der Waals surface area contributed by atoms with Crippen molar-refractivity contribution >= 4 is 28.3 Å². The highest BCUT2D eigenvalue weighted by atomic mass is 35.5. The number of carbonyl (C=O) groups excluding carboxylic acids is 1. The van der Waals surface area contributed by atoms with Gasteiger partial charge in [0.05, 0.1) is 16.2 Å². The van der Waals surface area contributed by atoms with Crippen LogP contribution in [0.2, 0.25) is 5.02 Å². The second kappa shape index (κ2) is 10.3. The zero-order valence-corrected chi connectivity index (χ0v) is 18.6. The number of Topliss-reactive ketones (excluding diaryl/α,β-unsaturated/α-hetero) is 1. The van der Waals surface area contributed by atoms with Crippen LogP contribution in [0.3, 0.4) is 0 Å². The highest BCUT2D eigenvalue weighted by Gasteiger charge is 2.18. The number of benzene rings is 2. The minimum absolute atomic E-state index is 0.0968. The second-order valence-electron chi connectivity index (χ2n) is 7.12. The molecule has 2 aromatic heterocycles. The maximum Gasteiger partial charge on any atom is 0.162 e. The molecule has 0 radical (unpaired) electrons. The minimum Gasteiger partial charge on any atom is -0.400 e. The third kappa shape index (κ3) is 4.82. The van der Waals surface area contributed by atoms with Crippen LogP contribution in [-0.2, 0) is 6.42 Å². The fourth-order valence-electron chi connectivity index (χ4n) is 3.59. The summed E-state index contributed by atoms with van der Waals surface area (Å²) in [5, 5.41) is 8.05. The Kier molecular flexibility index (Phi) is 7.50. The summed E-state index contributed by atoms with van der Waals surface area (Å²) in [6.07, 6.45) is 5.55. The number of carbonyl (C=O) groups is 1. The molecule has 0 bridgehead atoms. The van der Waals surface area contributed by atoms with E-state index in [0.29, 0.717) is 27.2 Å². The summed E-state index contributed by atoms with van der Waals surface area (Å²) >= 11 is 6.61. The number of halogens is 1. The Balaban J connectivity index is 0.00000132. The molecule has 4 nitrogen and oxygen atoms in total. The van der Waals surface area contributed by atoms with Crippen LogP contribution in [0, 0.1) is 0 Å². The SMILES string of the molecule is CCCc1ccc(-c2ccc(-c3nc4ccncc4c(C(C)=O)c3Cl)cc2)cc1.CO. The molecule has 0 saturated carbocycles. The summed E-state index contributed by atoms with van der Waals surface area (Å²) in [7, 11) is 1.00. The molecule has 158 valence electrons. The third-order valence-electron chi connectivity index (χ3n) is 5.06. The molecule has 31 heavy (non-hydrogen) atoms. The lowest BCUT2D eigenvalue weighted by Gasteiger charge is -2.11. The van der Waals surface area contributed by atoms with Gasteiger partial charge < -0.3 is 5.11 Å². The van der Waals surface area contributed by atoms with Gasteiger partial charge >= 0.3 is 0 Å². The molecule has 4 rings (SSSR count). The highest BCUT2D eigenvalue weighted by molar-refractivity contribution is 6.38. The van der Waals surface area contributed by atoms with E-state index in [1.54, 1.807) is 18.5 Å². The number of aryl methyl sites for hydroxylation is 1. The maximum absolute atomic E-state index is 12.2. The lowest BCUT2D eigenvalue weighted by atomic mass is 9.99. The first-order valence-electron chi connectivity index (χ1n) is 10.2. The van der Waals surface area contributed by atoms with Gasteiger partial charge in [-0.1, -0.05) is 73.5 Å². The van der Waals surface area contributed by atoms with Crippen molar-refractivity contribution in [2.24, 2.45) is 0 Å². The van der Waals surface area contributed by atoms with Crippen molar-refractivity contribution < 1.29 is 9.90 Å². The Bertz CT molecular complexity index is 1190. The first-order valence-corrected chi connectivity index (χ1v) is 10.5. The summed E-state index contributed by atoms with van der Waals surface area (Å²) in [6, 6.07) is 18.6. The maximum atomic E-state index is 12.2. The summed E-state index contributed by atoms with van der Waals surface area (Å²) in [6.45, 7) is 3.70. The number of rotatable bonds is 5. The molecule has 4 aromatic rings. The van der Waals surface area contributed by atoms with E-state index in [1.807, 2.05) is 12.1 Å². The van der Waals surface area contributed by atoms with Gasteiger partial charge in [0.2, 0.25) is 0 Å². The molecule has 0 saturated heterocycles. The standard InChI is InChI=1S/C25H21ClN2O.CH4O/c1-3-4-17-5-7-18(8-6-17)19-9-11-20(12-10-19)25-24(26)23(16(2)29)21-15-27-14-13-22(21)28-25;1-2/h5-15H,3-4H2,1-2H3;2H,1H3. The number of hydrogen-bond acceptors (Lipinski definition) is 4. The molecule has 5 heteroatoms. The van der Waals surface area contributed by atoms with Crippen molar-refractivity contribution in [3.63, 3.8) is 0 Å². The van der Waals surface area contributed by atoms with E-state index < -0.39 is 0 Å². The van der Waals surface area contributed by atoms with E-state index in [9.17, 15) is 4.79 Å². The van der Waals surface area contributed by atoms with Crippen LogP contribution in [0.15, 0.2) is 67.0 Å². The summed E-state index contributed by atoms with van der Waals surface area (Å²) in [4.78, 5) is 21.0. The molecular formula is C26H25ClN2O2. The zero-order valence-electron chi connectivity index (χ0n) is 17.9. The average molecular weight is 433 g/mol. The largest absolute Gasteiger partial charge is 0.400 e. The van der Waals surface area contributed by atoms with Gasteiger partial charge in [0.25, 0.3) is 0 Å². The van der Waals surface area contributed by atoms with Gasteiger partial charge in [-0.15, -0.1) is 0 Å². The van der Waals surface area contributed by atoms with Crippen LogP contribution in [0.4, 0.5) is 0 Å². The van der Waals surface area contributed by atoms with Gasteiger partial charge in [-0.05, 0) is 36.1 Å². The van der Waals surface area contributed by atoms with E-state index in [2.05, 4.69) is 48.3 Å². The summed E-state index contributed by atoms with van der Waals surface area (Å²) < 4.78 is 0. The lowest BCUT2D eigenvalue weighted by molar-refractivity contribution is 0.101. The normalized spacial score (nSPS) is 10.5. The Labute approximate surface area is 187 Å².